The number of rotatable bonds is 3. The van der Waals surface area contributed by atoms with Gasteiger partial charge >= 0.3 is 0 Å². The lowest BCUT2D eigenvalue weighted by molar-refractivity contribution is 0.102. The van der Waals surface area contributed by atoms with Crippen molar-refractivity contribution in [2.24, 2.45) is 0 Å². The van der Waals surface area contributed by atoms with Gasteiger partial charge in [0.2, 0.25) is 0 Å². The van der Waals surface area contributed by atoms with E-state index in [1.54, 1.807) is 36.0 Å². The van der Waals surface area contributed by atoms with Crippen LogP contribution < -0.4 is 11.1 Å². The van der Waals surface area contributed by atoms with Gasteiger partial charge in [-0.1, -0.05) is 18.2 Å². The number of carbonyl (C=O) groups is 1. The highest BCUT2D eigenvalue weighted by molar-refractivity contribution is 7.98. The number of para-hydroxylation sites is 1. The smallest absolute Gasteiger partial charge is 0.255 e. The Kier molecular flexibility index (Phi) is 3.89. The first-order valence-electron chi connectivity index (χ1n) is 5.50. The molecule has 0 heterocycles. The Morgan fingerprint density at radius 3 is 2.67 bits per heavy atom. The van der Waals surface area contributed by atoms with Gasteiger partial charge in [0, 0.05) is 16.1 Å². The molecule has 0 aliphatic heterocycles. The molecule has 92 valence electrons. The zero-order valence-electron chi connectivity index (χ0n) is 10.0. The van der Waals surface area contributed by atoms with Crippen molar-refractivity contribution in [2.75, 3.05) is 17.3 Å². The molecule has 0 unspecified atom stereocenters. The summed E-state index contributed by atoms with van der Waals surface area (Å²) >= 11 is 1.60. The first-order chi connectivity index (χ1) is 8.70. The van der Waals surface area contributed by atoms with Crippen LogP contribution in [0.3, 0.4) is 0 Å². The van der Waals surface area contributed by atoms with E-state index in [9.17, 15) is 4.79 Å². The van der Waals surface area contributed by atoms with E-state index < -0.39 is 0 Å². The predicted octanol–water partition coefficient (Wildman–Crippen LogP) is 3.24. The van der Waals surface area contributed by atoms with Crippen LogP contribution >= 0.6 is 11.8 Å². The summed E-state index contributed by atoms with van der Waals surface area (Å²) < 4.78 is 0. The van der Waals surface area contributed by atoms with E-state index in [4.69, 9.17) is 5.73 Å². The minimum Gasteiger partial charge on any atom is -0.399 e. The second kappa shape index (κ2) is 5.60. The summed E-state index contributed by atoms with van der Waals surface area (Å²) in [5.74, 6) is -0.149. The summed E-state index contributed by atoms with van der Waals surface area (Å²) in [7, 11) is 0. The first-order valence-corrected chi connectivity index (χ1v) is 6.73. The number of benzene rings is 2. The van der Waals surface area contributed by atoms with E-state index in [1.165, 1.54) is 0 Å². The van der Waals surface area contributed by atoms with E-state index in [0.717, 1.165) is 10.6 Å². The summed E-state index contributed by atoms with van der Waals surface area (Å²) in [5, 5.41) is 2.89. The summed E-state index contributed by atoms with van der Waals surface area (Å²) in [5.41, 5.74) is 7.62. The molecule has 2 aromatic carbocycles. The molecular formula is C14H14N2OS. The van der Waals surface area contributed by atoms with Gasteiger partial charge in [-0.2, -0.15) is 0 Å². The summed E-state index contributed by atoms with van der Waals surface area (Å²) in [6.45, 7) is 0. The third-order valence-electron chi connectivity index (χ3n) is 2.50. The van der Waals surface area contributed by atoms with Crippen molar-refractivity contribution in [1.29, 1.82) is 0 Å². The number of nitrogen functional groups attached to an aromatic ring is 1. The Morgan fingerprint density at radius 1 is 1.17 bits per heavy atom. The molecule has 0 bridgehead atoms. The van der Waals surface area contributed by atoms with E-state index in [1.807, 2.05) is 30.5 Å². The Labute approximate surface area is 110 Å². The van der Waals surface area contributed by atoms with E-state index in [-0.39, 0.29) is 5.91 Å². The average Bonchev–Trinajstić information content (AvgIpc) is 2.39. The van der Waals surface area contributed by atoms with Gasteiger partial charge in [-0.3, -0.25) is 4.79 Å². The predicted molar refractivity (Wildman–Crippen MR) is 77.0 cm³/mol. The van der Waals surface area contributed by atoms with Crippen molar-refractivity contribution < 1.29 is 4.79 Å². The van der Waals surface area contributed by atoms with Crippen molar-refractivity contribution in [1.82, 2.24) is 0 Å². The lowest BCUT2D eigenvalue weighted by Gasteiger charge is -2.09. The fourth-order valence-corrected chi connectivity index (χ4v) is 2.18. The average molecular weight is 258 g/mol. The lowest BCUT2D eigenvalue weighted by Crippen LogP contribution is -2.12. The summed E-state index contributed by atoms with van der Waals surface area (Å²) in [6, 6.07) is 14.6. The molecular weight excluding hydrogens is 244 g/mol. The molecule has 2 rings (SSSR count). The quantitative estimate of drug-likeness (QED) is 0.656. The highest BCUT2D eigenvalue weighted by Gasteiger charge is 2.08. The van der Waals surface area contributed by atoms with Crippen LogP contribution in [0, 0.1) is 0 Å². The molecule has 3 N–H and O–H groups in total. The maximum absolute atomic E-state index is 12.1. The number of anilines is 2. The highest BCUT2D eigenvalue weighted by Crippen LogP contribution is 2.25. The van der Waals surface area contributed by atoms with Crippen LogP contribution in [0.4, 0.5) is 11.4 Å². The molecule has 0 aliphatic rings. The first kappa shape index (κ1) is 12.5. The van der Waals surface area contributed by atoms with Gasteiger partial charge in [0.05, 0.1) is 5.69 Å². The third kappa shape index (κ3) is 2.84. The topological polar surface area (TPSA) is 55.1 Å². The van der Waals surface area contributed by atoms with E-state index >= 15 is 0 Å². The van der Waals surface area contributed by atoms with Gasteiger partial charge in [-0.15, -0.1) is 11.8 Å². The summed E-state index contributed by atoms with van der Waals surface area (Å²) in [4.78, 5) is 13.1. The van der Waals surface area contributed by atoms with Gasteiger partial charge in [-0.25, -0.2) is 0 Å². The number of hydrogen-bond acceptors (Lipinski definition) is 3. The van der Waals surface area contributed by atoms with Crippen LogP contribution in [0.1, 0.15) is 10.4 Å². The van der Waals surface area contributed by atoms with E-state index in [2.05, 4.69) is 5.32 Å². The Bertz CT molecular complexity index is 569. The highest BCUT2D eigenvalue weighted by atomic mass is 32.2. The number of thioether (sulfide) groups is 1. The molecule has 3 nitrogen and oxygen atoms in total. The maximum Gasteiger partial charge on any atom is 0.255 e. The molecule has 0 saturated heterocycles. The van der Waals surface area contributed by atoms with Crippen molar-refractivity contribution in [3.8, 4) is 0 Å². The van der Waals surface area contributed by atoms with E-state index in [0.29, 0.717) is 11.3 Å². The zero-order chi connectivity index (χ0) is 13.0. The number of nitrogens with one attached hydrogen (secondary N) is 1. The molecule has 0 saturated carbocycles. The molecule has 0 atom stereocenters. The molecule has 0 aliphatic carbocycles. The lowest BCUT2D eigenvalue weighted by atomic mass is 10.2. The zero-order valence-corrected chi connectivity index (χ0v) is 10.8. The largest absolute Gasteiger partial charge is 0.399 e. The van der Waals surface area contributed by atoms with Crippen molar-refractivity contribution >= 4 is 29.0 Å². The minimum atomic E-state index is -0.149. The SMILES string of the molecule is CSc1ccccc1NC(=O)c1cccc(N)c1. The molecule has 0 spiro atoms. The Balaban J connectivity index is 2.21. The molecule has 2 aromatic rings. The second-order valence-electron chi connectivity index (χ2n) is 3.78. The van der Waals surface area contributed by atoms with Crippen LogP contribution in [0.15, 0.2) is 53.4 Å². The molecule has 1 amide bonds. The molecule has 4 heteroatoms. The molecule has 0 fully saturated rings. The van der Waals surface area contributed by atoms with Gasteiger partial charge in [-0.05, 0) is 36.6 Å². The summed E-state index contributed by atoms with van der Waals surface area (Å²) in [6.07, 6.45) is 1.98. The number of carbonyl (C=O) groups excluding carboxylic acids is 1. The fourth-order valence-electron chi connectivity index (χ4n) is 1.62. The number of hydrogen-bond donors (Lipinski definition) is 2. The Hall–Kier alpha value is -1.94. The second-order valence-corrected chi connectivity index (χ2v) is 4.63. The monoisotopic (exact) mass is 258 g/mol. The van der Waals surface area contributed by atoms with Gasteiger partial charge in [0.25, 0.3) is 5.91 Å². The third-order valence-corrected chi connectivity index (χ3v) is 3.30. The van der Waals surface area contributed by atoms with Crippen LogP contribution in [-0.4, -0.2) is 12.2 Å². The van der Waals surface area contributed by atoms with Crippen LogP contribution in [0.2, 0.25) is 0 Å². The van der Waals surface area contributed by atoms with Crippen LogP contribution in [0.25, 0.3) is 0 Å². The minimum absolute atomic E-state index is 0.149. The molecule has 18 heavy (non-hydrogen) atoms. The standard InChI is InChI=1S/C14H14N2OS/c1-18-13-8-3-2-7-12(13)16-14(17)10-5-4-6-11(15)9-10/h2-9H,15H2,1H3,(H,16,17). The van der Waals surface area contributed by atoms with Crippen molar-refractivity contribution in [3.05, 3.63) is 54.1 Å². The van der Waals surface area contributed by atoms with Gasteiger partial charge in [0.15, 0.2) is 0 Å². The van der Waals surface area contributed by atoms with Gasteiger partial charge < -0.3 is 11.1 Å². The van der Waals surface area contributed by atoms with Crippen LogP contribution in [-0.2, 0) is 0 Å². The van der Waals surface area contributed by atoms with Gasteiger partial charge in [0.1, 0.15) is 0 Å². The van der Waals surface area contributed by atoms with Crippen molar-refractivity contribution in [2.45, 2.75) is 4.90 Å². The van der Waals surface area contributed by atoms with Crippen molar-refractivity contribution in [3.63, 3.8) is 0 Å². The van der Waals surface area contributed by atoms with Crippen LogP contribution in [0.5, 0.6) is 0 Å². The maximum atomic E-state index is 12.1. The normalized spacial score (nSPS) is 10.1. The number of amides is 1. The number of nitrogens with two attached hydrogens (primary N) is 1. The molecule has 0 radical (unpaired) electrons. The Morgan fingerprint density at radius 2 is 1.94 bits per heavy atom. The fraction of sp³-hybridized carbons (Fsp3) is 0.0714. The molecule has 0 aromatic heterocycles.